The summed E-state index contributed by atoms with van der Waals surface area (Å²) in [4.78, 5) is 12.3. The van der Waals surface area contributed by atoms with Gasteiger partial charge in [0.1, 0.15) is 11.2 Å². The molecule has 7 heteroatoms. The van der Waals surface area contributed by atoms with Gasteiger partial charge in [0.25, 0.3) is 0 Å². The molecular formula is C16H11FN6. The Hall–Kier alpha value is -3.35. The molecule has 0 radical (unpaired) electrons. The quantitative estimate of drug-likeness (QED) is 0.589. The van der Waals surface area contributed by atoms with E-state index in [2.05, 4.69) is 25.4 Å². The minimum Gasteiger partial charge on any atom is -0.338 e. The van der Waals surface area contributed by atoms with Gasteiger partial charge in [-0.2, -0.15) is 4.39 Å². The summed E-state index contributed by atoms with van der Waals surface area (Å²) in [5.74, 6) is 0.489. The van der Waals surface area contributed by atoms with Crippen molar-refractivity contribution in [2.24, 2.45) is 0 Å². The minimum atomic E-state index is -0.555. The standard InChI is InChI=1S/C16H11FN6/c17-14-10-11(6-8-19-14)20-16-13-5-3-9-23(13)22-15(21-16)12-4-1-2-7-18-12/h1-10H,(H,19,20,21,22). The number of pyridine rings is 2. The van der Waals surface area contributed by atoms with Gasteiger partial charge in [-0.1, -0.05) is 6.07 Å². The first-order chi connectivity index (χ1) is 11.3. The Morgan fingerprint density at radius 2 is 1.96 bits per heavy atom. The van der Waals surface area contributed by atoms with Crippen LogP contribution in [0.3, 0.4) is 0 Å². The number of hydrogen-bond acceptors (Lipinski definition) is 5. The molecule has 6 nitrogen and oxygen atoms in total. The van der Waals surface area contributed by atoms with Crippen molar-refractivity contribution in [3.05, 3.63) is 67.0 Å². The van der Waals surface area contributed by atoms with Crippen LogP contribution in [0.15, 0.2) is 61.1 Å². The molecule has 0 saturated carbocycles. The summed E-state index contributed by atoms with van der Waals surface area (Å²) in [5.41, 5.74) is 2.00. The van der Waals surface area contributed by atoms with E-state index in [1.54, 1.807) is 16.8 Å². The zero-order valence-corrected chi connectivity index (χ0v) is 11.9. The predicted molar refractivity (Wildman–Crippen MR) is 83.7 cm³/mol. The van der Waals surface area contributed by atoms with Crippen LogP contribution in [-0.4, -0.2) is 24.6 Å². The molecule has 0 fully saturated rings. The number of aromatic nitrogens is 5. The normalized spacial score (nSPS) is 10.8. The van der Waals surface area contributed by atoms with Crippen LogP contribution in [0.2, 0.25) is 0 Å². The van der Waals surface area contributed by atoms with Crippen LogP contribution in [0, 0.1) is 5.95 Å². The molecule has 0 atom stereocenters. The lowest BCUT2D eigenvalue weighted by molar-refractivity contribution is 0.584. The number of halogens is 1. The molecule has 0 unspecified atom stereocenters. The maximum absolute atomic E-state index is 13.3. The minimum absolute atomic E-state index is 0.478. The van der Waals surface area contributed by atoms with E-state index in [-0.39, 0.29) is 0 Å². The summed E-state index contributed by atoms with van der Waals surface area (Å²) in [6.07, 6.45) is 4.90. The van der Waals surface area contributed by atoms with Crippen molar-refractivity contribution in [1.82, 2.24) is 24.6 Å². The molecule has 0 aromatic carbocycles. The molecule has 0 bridgehead atoms. The molecule has 1 N–H and O–H groups in total. The highest BCUT2D eigenvalue weighted by molar-refractivity contribution is 5.74. The average Bonchev–Trinajstić information content (AvgIpc) is 3.04. The van der Waals surface area contributed by atoms with Crippen LogP contribution in [0.25, 0.3) is 17.0 Å². The maximum Gasteiger partial charge on any atom is 0.214 e. The fourth-order valence-corrected chi connectivity index (χ4v) is 2.25. The molecule has 4 heterocycles. The van der Waals surface area contributed by atoms with Gasteiger partial charge in [-0.05, 0) is 30.3 Å². The molecule has 0 aliphatic carbocycles. The molecule has 112 valence electrons. The largest absolute Gasteiger partial charge is 0.338 e. The van der Waals surface area contributed by atoms with Crippen molar-refractivity contribution < 1.29 is 4.39 Å². The maximum atomic E-state index is 13.3. The van der Waals surface area contributed by atoms with E-state index in [9.17, 15) is 4.39 Å². The lowest BCUT2D eigenvalue weighted by atomic mass is 10.3. The topological polar surface area (TPSA) is 68.0 Å². The Kier molecular flexibility index (Phi) is 3.16. The van der Waals surface area contributed by atoms with Crippen molar-refractivity contribution in [1.29, 1.82) is 0 Å². The van der Waals surface area contributed by atoms with E-state index in [4.69, 9.17) is 0 Å². The van der Waals surface area contributed by atoms with Crippen LogP contribution in [-0.2, 0) is 0 Å². The van der Waals surface area contributed by atoms with Crippen LogP contribution < -0.4 is 5.32 Å². The number of nitrogens with one attached hydrogen (secondary N) is 1. The molecule has 0 aliphatic heterocycles. The Labute approximate surface area is 130 Å². The Morgan fingerprint density at radius 1 is 1.00 bits per heavy atom. The van der Waals surface area contributed by atoms with E-state index >= 15 is 0 Å². The molecule has 4 aromatic heterocycles. The van der Waals surface area contributed by atoms with Crippen LogP contribution in [0.4, 0.5) is 15.9 Å². The molecule has 0 aliphatic rings. The smallest absolute Gasteiger partial charge is 0.214 e. The lowest BCUT2D eigenvalue weighted by Crippen LogP contribution is -2.04. The number of fused-ring (bicyclic) bond motifs is 1. The summed E-state index contributed by atoms with van der Waals surface area (Å²) in [6, 6.07) is 12.3. The molecule has 0 amide bonds. The Morgan fingerprint density at radius 3 is 2.78 bits per heavy atom. The number of hydrogen-bond donors (Lipinski definition) is 1. The van der Waals surface area contributed by atoms with Crippen LogP contribution in [0.5, 0.6) is 0 Å². The summed E-state index contributed by atoms with van der Waals surface area (Å²) in [6.45, 7) is 0. The third kappa shape index (κ3) is 2.59. The molecule has 0 spiro atoms. The van der Waals surface area contributed by atoms with Crippen LogP contribution in [0.1, 0.15) is 0 Å². The van der Waals surface area contributed by atoms with Crippen LogP contribution >= 0.6 is 0 Å². The van der Waals surface area contributed by atoms with Crippen molar-refractivity contribution in [2.75, 3.05) is 5.32 Å². The van der Waals surface area contributed by atoms with Crippen molar-refractivity contribution in [2.45, 2.75) is 0 Å². The van der Waals surface area contributed by atoms with Gasteiger partial charge in [0.05, 0.1) is 0 Å². The zero-order valence-electron chi connectivity index (χ0n) is 11.9. The highest BCUT2D eigenvalue weighted by atomic mass is 19.1. The van der Waals surface area contributed by atoms with E-state index in [0.717, 1.165) is 5.52 Å². The molecule has 0 saturated heterocycles. The number of nitrogens with zero attached hydrogens (tertiary/aromatic N) is 5. The second-order valence-electron chi connectivity index (χ2n) is 4.83. The fourth-order valence-electron chi connectivity index (χ4n) is 2.25. The zero-order chi connectivity index (χ0) is 15.6. The van der Waals surface area contributed by atoms with Crippen molar-refractivity contribution >= 4 is 17.0 Å². The van der Waals surface area contributed by atoms with Crippen molar-refractivity contribution in [3.8, 4) is 11.5 Å². The first-order valence-corrected chi connectivity index (χ1v) is 6.95. The Bertz CT molecular complexity index is 967. The second-order valence-corrected chi connectivity index (χ2v) is 4.83. The van der Waals surface area contributed by atoms with Gasteiger partial charge in [0.2, 0.25) is 11.8 Å². The summed E-state index contributed by atoms with van der Waals surface area (Å²) >= 11 is 0. The number of anilines is 2. The first-order valence-electron chi connectivity index (χ1n) is 6.95. The predicted octanol–water partition coefficient (Wildman–Crippen LogP) is 3.07. The SMILES string of the molecule is Fc1cc(Nc2nc(-c3ccccn3)nn3cccc23)ccn1. The van der Waals surface area contributed by atoms with Gasteiger partial charge in [0, 0.05) is 30.3 Å². The Balaban J connectivity index is 1.83. The van der Waals surface area contributed by atoms with Gasteiger partial charge in [-0.15, -0.1) is 5.10 Å². The lowest BCUT2D eigenvalue weighted by Gasteiger charge is -2.09. The summed E-state index contributed by atoms with van der Waals surface area (Å²) in [7, 11) is 0. The van der Waals surface area contributed by atoms with Gasteiger partial charge >= 0.3 is 0 Å². The molecule has 4 aromatic rings. The van der Waals surface area contributed by atoms with E-state index in [1.807, 2.05) is 36.5 Å². The molecular weight excluding hydrogens is 295 g/mol. The highest BCUT2D eigenvalue weighted by Gasteiger charge is 2.10. The summed E-state index contributed by atoms with van der Waals surface area (Å²) < 4.78 is 15.0. The van der Waals surface area contributed by atoms with E-state index in [1.165, 1.54) is 12.3 Å². The number of rotatable bonds is 3. The van der Waals surface area contributed by atoms with E-state index in [0.29, 0.717) is 23.0 Å². The van der Waals surface area contributed by atoms with Crippen molar-refractivity contribution in [3.63, 3.8) is 0 Å². The summed E-state index contributed by atoms with van der Waals surface area (Å²) in [5, 5.41) is 7.55. The fraction of sp³-hybridized carbons (Fsp3) is 0. The molecule has 4 rings (SSSR count). The highest BCUT2D eigenvalue weighted by Crippen LogP contribution is 2.22. The first kappa shape index (κ1) is 13.3. The monoisotopic (exact) mass is 306 g/mol. The van der Waals surface area contributed by atoms with Gasteiger partial charge in [-0.3, -0.25) is 4.98 Å². The molecule has 23 heavy (non-hydrogen) atoms. The van der Waals surface area contributed by atoms with Gasteiger partial charge in [0.15, 0.2) is 5.82 Å². The third-order valence-electron chi connectivity index (χ3n) is 3.27. The average molecular weight is 306 g/mol. The van der Waals surface area contributed by atoms with Gasteiger partial charge < -0.3 is 5.32 Å². The second kappa shape index (κ2) is 5.45. The third-order valence-corrected chi connectivity index (χ3v) is 3.27. The van der Waals surface area contributed by atoms with E-state index < -0.39 is 5.95 Å². The van der Waals surface area contributed by atoms with Gasteiger partial charge in [-0.25, -0.2) is 14.5 Å².